The third-order valence-electron chi connectivity index (χ3n) is 5.90. The molecule has 0 aliphatic carbocycles. The van der Waals surface area contributed by atoms with Crippen LogP contribution in [-0.2, 0) is 28.3 Å². The lowest BCUT2D eigenvalue weighted by Crippen LogP contribution is -2.54. The summed E-state index contributed by atoms with van der Waals surface area (Å²) in [6, 6.07) is 22.5. The largest absolute Gasteiger partial charge is 0.350 e. The molecule has 7 heteroatoms. The first-order valence-electron chi connectivity index (χ1n) is 12.3. The molecular formula is C30H34Cl2N2O2S. The maximum atomic E-state index is 13.8. The number of rotatable bonds is 10. The molecule has 0 aliphatic heterocycles. The second-order valence-electron chi connectivity index (χ2n) is 10.1. The van der Waals surface area contributed by atoms with Gasteiger partial charge in [0.15, 0.2) is 0 Å². The van der Waals surface area contributed by atoms with Crippen molar-refractivity contribution in [2.24, 2.45) is 0 Å². The van der Waals surface area contributed by atoms with E-state index >= 15 is 0 Å². The monoisotopic (exact) mass is 556 g/mol. The zero-order valence-corrected chi connectivity index (χ0v) is 24.1. The van der Waals surface area contributed by atoms with E-state index < -0.39 is 11.6 Å². The number of nitrogens with zero attached hydrogens (tertiary/aromatic N) is 1. The highest BCUT2D eigenvalue weighted by molar-refractivity contribution is 7.99. The highest BCUT2D eigenvalue weighted by Crippen LogP contribution is 2.29. The van der Waals surface area contributed by atoms with Crippen molar-refractivity contribution in [3.8, 4) is 0 Å². The van der Waals surface area contributed by atoms with Crippen molar-refractivity contribution >= 4 is 46.8 Å². The maximum absolute atomic E-state index is 13.8. The Kier molecular flexibility index (Phi) is 10.5. The number of benzene rings is 3. The average Bonchev–Trinajstić information content (AvgIpc) is 2.83. The van der Waals surface area contributed by atoms with Crippen LogP contribution in [0.1, 0.15) is 43.0 Å². The first kappa shape index (κ1) is 29.1. The molecule has 0 spiro atoms. The van der Waals surface area contributed by atoms with E-state index in [1.165, 1.54) is 11.8 Å². The molecule has 0 radical (unpaired) electrons. The number of nitrogens with one attached hydrogen (secondary N) is 1. The van der Waals surface area contributed by atoms with Crippen molar-refractivity contribution in [2.75, 3.05) is 5.75 Å². The minimum Gasteiger partial charge on any atom is -0.350 e. The van der Waals surface area contributed by atoms with Crippen molar-refractivity contribution in [1.82, 2.24) is 10.2 Å². The van der Waals surface area contributed by atoms with Gasteiger partial charge in [-0.25, -0.2) is 0 Å². The Hall–Kier alpha value is -2.47. The van der Waals surface area contributed by atoms with Gasteiger partial charge < -0.3 is 10.2 Å². The summed E-state index contributed by atoms with van der Waals surface area (Å²) in [5.74, 6) is 0.417. The summed E-state index contributed by atoms with van der Waals surface area (Å²) >= 11 is 14.1. The second-order valence-corrected chi connectivity index (χ2v) is 11.9. The van der Waals surface area contributed by atoms with Crippen molar-refractivity contribution in [3.63, 3.8) is 0 Å². The van der Waals surface area contributed by atoms with Gasteiger partial charge >= 0.3 is 0 Å². The number of aryl methyl sites for hydroxylation is 1. The lowest BCUT2D eigenvalue weighted by Gasteiger charge is -2.34. The number of amides is 2. The molecule has 37 heavy (non-hydrogen) atoms. The predicted octanol–water partition coefficient (Wildman–Crippen LogP) is 7.09. The summed E-state index contributed by atoms with van der Waals surface area (Å²) < 4.78 is 0. The lowest BCUT2D eigenvalue weighted by molar-refractivity contribution is -0.140. The number of thioether (sulfide) groups is 1. The zero-order chi connectivity index (χ0) is 27.0. The summed E-state index contributed by atoms with van der Waals surface area (Å²) in [5.41, 5.74) is 3.45. The summed E-state index contributed by atoms with van der Waals surface area (Å²) in [5, 5.41) is 4.26. The quantitative estimate of drug-likeness (QED) is 0.290. The van der Waals surface area contributed by atoms with Gasteiger partial charge in [-0.1, -0.05) is 83.9 Å². The third-order valence-corrected chi connectivity index (χ3v) is 7.56. The van der Waals surface area contributed by atoms with Gasteiger partial charge in [0.2, 0.25) is 11.8 Å². The predicted molar refractivity (Wildman–Crippen MR) is 156 cm³/mol. The molecule has 0 unspecified atom stereocenters. The average molecular weight is 558 g/mol. The number of hydrogen-bond acceptors (Lipinski definition) is 3. The van der Waals surface area contributed by atoms with Crippen LogP contribution in [0.5, 0.6) is 0 Å². The third kappa shape index (κ3) is 8.80. The summed E-state index contributed by atoms with van der Waals surface area (Å²) in [7, 11) is 0. The number of hydrogen-bond donors (Lipinski definition) is 1. The Morgan fingerprint density at radius 2 is 1.54 bits per heavy atom. The molecule has 1 atom stereocenters. The Labute approximate surface area is 234 Å². The van der Waals surface area contributed by atoms with Crippen LogP contribution in [0.3, 0.4) is 0 Å². The Bertz CT molecular complexity index is 1190. The molecule has 0 fully saturated rings. The fourth-order valence-electron chi connectivity index (χ4n) is 3.97. The summed E-state index contributed by atoms with van der Waals surface area (Å²) in [6.45, 7) is 8.20. The lowest BCUT2D eigenvalue weighted by atomic mass is 10.00. The van der Waals surface area contributed by atoms with E-state index in [1.54, 1.807) is 23.1 Å². The smallest absolute Gasteiger partial charge is 0.243 e. The van der Waals surface area contributed by atoms with Gasteiger partial charge in [0, 0.05) is 34.3 Å². The van der Waals surface area contributed by atoms with Crippen LogP contribution >= 0.6 is 35.0 Å². The van der Waals surface area contributed by atoms with Gasteiger partial charge in [-0.15, -0.1) is 11.8 Å². The van der Waals surface area contributed by atoms with Crippen molar-refractivity contribution in [2.45, 2.75) is 58.0 Å². The van der Waals surface area contributed by atoms with Gasteiger partial charge in [0.05, 0.1) is 5.75 Å². The van der Waals surface area contributed by atoms with Crippen molar-refractivity contribution in [3.05, 3.63) is 105 Å². The van der Waals surface area contributed by atoms with Crippen LogP contribution in [0.15, 0.2) is 72.8 Å². The Balaban J connectivity index is 1.90. The summed E-state index contributed by atoms with van der Waals surface area (Å²) in [6.07, 6.45) is 0.418. The minimum absolute atomic E-state index is 0.110. The maximum Gasteiger partial charge on any atom is 0.243 e. The molecule has 2 amide bonds. The fourth-order valence-corrected chi connectivity index (χ4v) is 5.62. The first-order chi connectivity index (χ1) is 17.5. The normalized spacial score (nSPS) is 12.2. The molecule has 0 saturated carbocycles. The van der Waals surface area contributed by atoms with Crippen LogP contribution in [0.2, 0.25) is 10.0 Å². The fraction of sp³-hybridized carbons (Fsp3) is 0.333. The molecule has 0 saturated heterocycles. The topological polar surface area (TPSA) is 49.4 Å². The first-order valence-corrected chi connectivity index (χ1v) is 14.2. The van der Waals surface area contributed by atoms with Crippen molar-refractivity contribution in [1.29, 1.82) is 0 Å². The molecule has 3 aromatic carbocycles. The number of carbonyl (C=O) groups excluding carboxylic acids is 2. The van der Waals surface area contributed by atoms with E-state index in [-0.39, 0.29) is 17.6 Å². The highest BCUT2D eigenvalue weighted by atomic mass is 35.5. The SMILES string of the molecule is Cc1ccccc1CN(C(=O)CSCc1c(Cl)cccc1Cl)[C@H](Cc1ccccc1)C(=O)NC(C)(C)C. The van der Waals surface area contributed by atoms with E-state index in [2.05, 4.69) is 5.32 Å². The minimum atomic E-state index is -0.668. The van der Waals surface area contributed by atoms with Crippen LogP contribution < -0.4 is 5.32 Å². The molecular weight excluding hydrogens is 523 g/mol. The van der Waals surface area contributed by atoms with Gasteiger partial charge in [-0.3, -0.25) is 9.59 Å². The molecule has 3 aromatic rings. The van der Waals surface area contributed by atoms with E-state index in [0.717, 1.165) is 22.3 Å². The zero-order valence-electron chi connectivity index (χ0n) is 21.8. The van der Waals surface area contributed by atoms with Gasteiger partial charge in [0.1, 0.15) is 6.04 Å². The molecule has 0 bridgehead atoms. The second kappa shape index (κ2) is 13.4. The summed E-state index contributed by atoms with van der Waals surface area (Å²) in [4.78, 5) is 29.1. The van der Waals surface area contributed by atoms with Gasteiger partial charge in [-0.2, -0.15) is 0 Å². The molecule has 3 rings (SSSR count). The van der Waals surface area contributed by atoms with Crippen molar-refractivity contribution < 1.29 is 9.59 Å². The Morgan fingerprint density at radius 1 is 0.919 bits per heavy atom. The van der Waals surface area contributed by atoms with Gasteiger partial charge in [0.25, 0.3) is 0 Å². The molecule has 196 valence electrons. The van der Waals surface area contributed by atoms with Crippen LogP contribution in [0, 0.1) is 6.92 Å². The number of halogens is 2. The van der Waals surface area contributed by atoms with E-state index in [1.807, 2.05) is 82.3 Å². The number of carbonyl (C=O) groups is 2. The van der Waals surface area contributed by atoms with E-state index in [4.69, 9.17) is 23.2 Å². The molecule has 1 N–H and O–H groups in total. The van der Waals surface area contributed by atoms with Gasteiger partial charge in [-0.05, 0) is 62.1 Å². The van der Waals surface area contributed by atoms with Crippen LogP contribution in [0.4, 0.5) is 0 Å². The highest BCUT2D eigenvalue weighted by Gasteiger charge is 2.32. The van der Waals surface area contributed by atoms with E-state index in [0.29, 0.717) is 28.8 Å². The molecule has 0 aromatic heterocycles. The van der Waals surface area contributed by atoms with Crippen LogP contribution in [0.25, 0.3) is 0 Å². The molecule has 4 nitrogen and oxygen atoms in total. The Morgan fingerprint density at radius 3 is 2.16 bits per heavy atom. The molecule has 0 aliphatic rings. The standard InChI is InChI=1S/C30H34Cl2N2O2S/c1-21-11-8-9-14-23(21)18-34(28(35)20-37-19-24-25(31)15-10-16-26(24)32)27(29(36)33-30(2,3)4)17-22-12-6-5-7-13-22/h5-16,27H,17-20H2,1-4H3,(H,33,36)/t27-/m1/s1. The van der Waals surface area contributed by atoms with E-state index in [9.17, 15) is 9.59 Å². The van der Waals surface area contributed by atoms with Crippen LogP contribution in [-0.4, -0.2) is 34.0 Å². The molecule has 0 heterocycles.